The van der Waals surface area contributed by atoms with Gasteiger partial charge in [-0.15, -0.1) is 23.7 Å². The fourth-order valence-corrected chi connectivity index (χ4v) is 4.79. The number of aromatic carboxylic acids is 1. The van der Waals surface area contributed by atoms with Crippen LogP contribution in [0.1, 0.15) is 65.1 Å². The molecule has 1 fully saturated rings. The summed E-state index contributed by atoms with van der Waals surface area (Å²) in [6, 6.07) is 11.9. The average Bonchev–Trinajstić information content (AvgIpc) is 3.01. The molecule has 1 aromatic heterocycles. The maximum atomic E-state index is 11.6. The molecule has 1 radical (unpaired) electrons. The molecule has 1 N–H and O–H groups in total. The van der Waals surface area contributed by atoms with Crippen molar-refractivity contribution in [3.63, 3.8) is 0 Å². The van der Waals surface area contributed by atoms with E-state index in [1.54, 1.807) is 12.1 Å². The van der Waals surface area contributed by atoms with E-state index in [2.05, 4.69) is 43.5 Å². The monoisotopic (exact) mass is 462 g/mol. The molecular formula is C25H27NO2Y-2. The molecule has 1 aliphatic rings. The van der Waals surface area contributed by atoms with Gasteiger partial charge in [-0.3, -0.25) is 0 Å². The summed E-state index contributed by atoms with van der Waals surface area (Å²) in [4.78, 5) is 11.6. The molecule has 3 nitrogen and oxygen atoms in total. The number of nitrogens with zero attached hydrogens (tertiary/aromatic N) is 1. The molecule has 4 heteroatoms. The van der Waals surface area contributed by atoms with Crippen molar-refractivity contribution in [1.82, 2.24) is 4.57 Å². The van der Waals surface area contributed by atoms with Crippen LogP contribution < -0.4 is 0 Å². The van der Waals surface area contributed by atoms with Crippen molar-refractivity contribution in [3.05, 3.63) is 72.5 Å². The summed E-state index contributed by atoms with van der Waals surface area (Å²) in [7, 11) is 0. The second-order valence-electron chi connectivity index (χ2n) is 7.95. The van der Waals surface area contributed by atoms with Gasteiger partial charge >= 0.3 is 5.97 Å². The summed E-state index contributed by atoms with van der Waals surface area (Å²) in [6.07, 6.45) is 6.16. The third-order valence-electron chi connectivity index (χ3n) is 6.10. The van der Waals surface area contributed by atoms with E-state index in [0.717, 1.165) is 22.0 Å². The Balaban J connectivity index is 0.00000240. The number of hydrogen-bond donors (Lipinski definition) is 1. The predicted molar refractivity (Wildman–Crippen MR) is 115 cm³/mol. The summed E-state index contributed by atoms with van der Waals surface area (Å²) in [5.41, 5.74) is 7.13. The van der Waals surface area contributed by atoms with Gasteiger partial charge in [0.1, 0.15) is 0 Å². The molecule has 1 heterocycles. The topological polar surface area (TPSA) is 42.2 Å². The van der Waals surface area contributed by atoms with Crippen LogP contribution in [0.2, 0.25) is 0 Å². The number of benzene rings is 2. The van der Waals surface area contributed by atoms with Gasteiger partial charge in [-0.05, 0) is 42.1 Å². The van der Waals surface area contributed by atoms with Crippen LogP contribution in [0.3, 0.4) is 0 Å². The molecule has 0 aliphatic heterocycles. The first-order valence-electron chi connectivity index (χ1n) is 10.1. The number of aromatic nitrogens is 1. The van der Waals surface area contributed by atoms with E-state index in [4.69, 9.17) is 0 Å². The van der Waals surface area contributed by atoms with E-state index in [1.165, 1.54) is 48.9 Å². The molecule has 0 atom stereocenters. The fraction of sp³-hybridized carbons (Fsp3) is 0.320. The van der Waals surface area contributed by atoms with E-state index in [9.17, 15) is 9.90 Å². The average molecular weight is 462 g/mol. The third kappa shape index (κ3) is 4.05. The Bertz CT molecular complexity index is 1040. The molecule has 149 valence electrons. The van der Waals surface area contributed by atoms with E-state index in [1.807, 2.05) is 6.07 Å². The van der Waals surface area contributed by atoms with Gasteiger partial charge in [-0.25, -0.2) is 4.79 Å². The molecule has 0 unspecified atom stereocenters. The zero-order valence-electron chi connectivity index (χ0n) is 17.1. The fourth-order valence-electron chi connectivity index (χ4n) is 4.79. The van der Waals surface area contributed by atoms with Crippen molar-refractivity contribution in [2.75, 3.05) is 0 Å². The molecule has 1 saturated carbocycles. The van der Waals surface area contributed by atoms with Crippen LogP contribution in [-0.2, 0) is 39.3 Å². The van der Waals surface area contributed by atoms with E-state index in [-0.39, 0.29) is 32.7 Å². The summed E-state index contributed by atoms with van der Waals surface area (Å²) < 4.78 is 2.19. The van der Waals surface area contributed by atoms with Gasteiger partial charge in [0.2, 0.25) is 0 Å². The van der Waals surface area contributed by atoms with Crippen LogP contribution in [0.4, 0.5) is 0 Å². The van der Waals surface area contributed by atoms with Crippen molar-refractivity contribution >= 4 is 16.9 Å². The maximum Gasteiger partial charge on any atom is 0.335 e. The summed E-state index contributed by atoms with van der Waals surface area (Å²) >= 11 is 0. The van der Waals surface area contributed by atoms with Crippen LogP contribution in [0.15, 0.2) is 36.4 Å². The Morgan fingerprint density at radius 2 is 1.86 bits per heavy atom. The molecule has 0 spiro atoms. The smallest absolute Gasteiger partial charge is 0.335 e. The van der Waals surface area contributed by atoms with E-state index >= 15 is 0 Å². The molecule has 0 amide bonds. The first-order chi connectivity index (χ1) is 13.5. The van der Waals surface area contributed by atoms with Crippen LogP contribution in [0.5, 0.6) is 0 Å². The van der Waals surface area contributed by atoms with Gasteiger partial charge in [0.25, 0.3) is 0 Å². The number of aryl methyl sites for hydroxylation is 1. The molecule has 4 rings (SSSR count). The minimum Gasteiger partial charge on any atom is -0.478 e. The van der Waals surface area contributed by atoms with Crippen molar-refractivity contribution in [2.45, 2.75) is 51.5 Å². The zero-order valence-corrected chi connectivity index (χ0v) is 19.9. The van der Waals surface area contributed by atoms with Crippen molar-refractivity contribution in [1.29, 1.82) is 0 Å². The van der Waals surface area contributed by atoms with Gasteiger partial charge in [0.15, 0.2) is 0 Å². The van der Waals surface area contributed by atoms with Crippen molar-refractivity contribution < 1.29 is 42.6 Å². The Morgan fingerprint density at radius 3 is 2.48 bits per heavy atom. The summed E-state index contributed by atoms with van der Waals surface area (Å²) in [5.74, 6) is -0.400. The van der Waals surface area contributed by atoms with Crippen molar-refractivity contribution in [2.24, 2.45) is 0 Å². The molecule has 0 bridgehead atoms. The molecule has 1 aliphatic carbocycles. The maximum absolute atomic E-state index is 11.6. The Labute approximate surface area is 198 Å². The second kappa shape index (κ2) is 9.06. The molecule has 3 aromatic rings. The normalized spacial score (nSPS) is 14.7. The van der Waals surface area contributed by atoms with Crippen molar-refractivity contribution in [3.8, 4) is 11.3 Å². The van der Waals surface area contributed by atoms with Gasteiger partial charge < -0.3 is 16.6 Å². The largest absolute Gasteiger partial charge is 0.478 e. The number of carboxylic acid groups (broad SMARTS) is 1. The summed E-state index contributed by atoms with van der Waals surface area (Å²) in [6.45, 7) is 11.1. The van der Waals surface area contributed by atoms with Gasteiger partial charge in [0.05, 0.1) is 5.56 Å². The molecular weight excluding hydrogens is 435 g/mol. The number of hydrogen-bond acceptors (Lipinski definition) is 1. The molecule has 0 saturated heterocycles. The van der Waals surface area contributed by atoms with Gasteiger partial charge in [0, 0.05) is 43.6 Å². The SMILES string of the molecule is [CH2-]Cn1c(-c2ccc(C)cc2[CH2-])c(C2CCCCC2)c2ccc(C(=O)O)cc21.[Y]. The predicted octanol–water partition coefficient (Wildman–Crippen LogP) is 6.38. The Kier molecular flexibility index (Phi) is 6.91. The van der Waals surface area contributed by atoms with E-state index in [0.29, 0.717) is 18.0 Å². The Hall–Kier alpha value is -1.58. The van der Waals surface area contributed by atoms with E-state index < -0.39 is 5.97 Å². The van der Waals surface area contributed by atoms with Crippen LogP contribution >= 0.6 is 0 Å². The minimum absolute atomic E-state index is 0. The van der Waals surface area contributed by atoms with Crippen LogP contribution in [-0.4, -0.2) is 15.6 Å². The van der Waals surface area contributed by atoms with Gasteiger partial charge in [-0.2, -0.15) is 18.6 Å². The first kappa shape index (κ1) is 22.1. The minimum atomic E-state index is -0.896. The molecule has 29 heavy (non-hydrogen) atoms. The number of fused-ring (bicyclic) bond motifs is 1. The van der Waals surface area contributed by atoms with Gasteiger partial charge in [-0.1, -0.05) is 38.3 Å². The zero-order chi connectivity index (χ0) is 19.8. The summed E-state index contributed by atoms with van der Waals surface area (Å²) in [5, 5.41) is 10.7. The number of rotatable bonds is 4. The number of carbonyl (C=O) groups is 1. The Morgan fingerprint density at radius 1 is 1.14 bits per heavy atom. The molecule has 2 aromatic carbocycles. The number of carboxylic acids is 1. The second-order valence-corrected chi connectivity index (χ2v) is 7.95. The van der Waals surface area contributed by atoms with Crippen LogP contribution in [0.25, 0.3) is 22.2 Å². The quantitative estimate of drug-likeness (QED) is 0.458. The standard InChI is InChI=1S/C25H27NO2.Y/c1-4-26-22-15-19(25(27)28)11-13-21(22)23(18-8-6-5-7-9-18)24(26)20-12-10-16(2)14-17(20)3;/h10-15,18H,1,3-9H2,2H3,(H,27,28);/q-2;. The third-order valence-corrected chi connectivity index (χ3v) is 6.10. The van der Waals surface area contributed by atoms with Crippen LogP contribution in [0, 0.1) is 20.8 Å². The first-order valence-corrected chi connectivity index (χ1v) is 10.1.